The zero-order chi connectivity index (χ0) is 45.0. The Bertz CT molecular complexity index is 3990. The number of benzene rings is 10. The molecule has 3 aromatic heterocycles. The molecule has 318 valence electrons. The zero-order valence-corrected chi connectivity index (χ0v) is 36.9. The average Bonchev–Trinajstić information content (AvgIpc) is 3.95. The Morgan fingerprint density at radius 1 is 0.265 bits per heavy atom. The van der Waals surface area contributed by atoms with Crippen LogP contribution >= 0.6 is 0 Å². The summed E-state index contributed by atoms with van der Waals surface area (Å²) < 4.78 is 4.76. The van der Waals surface area contributed by atoms with E-state index >= 15 is 0 Å². The van der Waals surface area contributed by atoms with Crippen LogP contribution < -0.4 is 0 Å². The van der Waals surface area contributed by atoms with Gasteiger partial charge in [-0.25, -0.2) is 4.98 Å². The molecule has 0 radical (unpaired) electrons. The summed E-state index contributed by atoms with van der Waals surface area (Å²) in [6, 6.07) is 88.3. The lowest BCUT2D eigenvalue weighted by Gasteiger charge is -2.19. The molecule has 13 aromatic rings. The highest BCUT2D eigenvalue weighted by molar-refractivity contribution is 6.24. The first kappa shape index (κ1) is 39.2. The van der Waals surface area contributed by atoms with Crippen molar-refractivity contribution in [3.63, 3.8) is 0 Å². The van der Waals surface area contributed by atoms with Crippen LogP contribution in [0.4, 0.5) is 0 Å². The smallest absolute Gasteiger partial charge is 0.238 e. The Morgan fingerprint density at radius 2 is 0.691 bits per heavy atom. The lowest BCUT2D eigenvalue weighted by molar-refractivity contribution is 0.953. The molecule has 3 heterocycles. The van der Waals surface area contributed by atoms with Crippen LogP contribution in [-0.2, 0) is 0 Å². The Morgan fingerprint density at radius 3 is 1.31 bits per heavy atom. The average molecular weight is 868 g/mol. The first-order valence-electron chi connectivity index (χ1n) is 23.0. The van der Waals surface area contributed by atoms with Gasteiger partial charge < -0.3 is 4.57 Å². The highest BCUT2D eigenvalue weighted by Crippen LogP contribution is 2.45. The molecule has 13 rings (SSSR count). The first-order chi connectivity index (χ1) is 33.7. The Balaban J connectivity index is 1.12. The van der Waals surface area contributed by atoms with Gasteiger partial charge >= 0.3 is 0 Å². The van der Waals surface area contributed by atoms with Crippen LogP contribution in [0.25, 0.3) is 123 Å². The highest BCUT2D eigenvalue weighted by atomic mass is 15.2. The van der Waals surface area contributed by atoms with E-state index in [0.717, 1.165) is 93.8 Å². The van der Waals surface area contributed by atoms with Crippen molar-refractivity contribution in [2.24, 2.45) is 0 Å². The SMILES string of the molecule is c1ccc(-c2ccc(-c3nc(-c4ccccc4)nc(-n4c5ccccc5c5ccc6c7ccccc7n(-c7cccc(-c8cccc(-c9ccccc9)c8)c7-c7ccccc7)c6c54)n3)cc2)cc1. The molecule has 68 heavy (non-hydrogen) atoms. The van der Waals surface area contributed by atoms with Crippen LogP contribution in [0.1, 0.15) is 0 Å². The van der Waals surface area contributed by atoms with E-state index in [4.69, 9.17) is 15.0 Å². The van der Waals surface area contributed by atoms with Gasteiger partial charge in [0.25, 0.3) is 0 Å². The molecule has 0 atom stereocenters. The lowest BCUT2D eigenvalue weighted by Crippen LogP contribution is -2.07. The summed E-state index contributed by atoms with van der Waals surface area (Å²) in [4.78, 5) is 16.0. The summed E-state index contributed by atoms with van der Waals surface area (Å²) >= 11 is 0. The normalized spacial score (nSPS) is 11.5. The topological polar surface area (TPSA) is 48.5 Å². The van der Waals surface area contributed by atoms with Crippen LogP contribution in [0, 0.1) is 0 Å². The van der Waals surface area contributed by atoms with Gasteiger partial charge in [-0.1, -0.05) is 224 Å². The summed E-state index contributed by atoms with van der Waals surface area (Å²) in [7, 11) is 0. The maximum Gasteiger partial charge on any atom is 0.238 e. The maximum absolute atomic E-state index is 5.42. The number of para-hydroxylation sites is 2. The van der Waals surface area contributed by atoms with E-state index in [0.29, 0.717) is 17.6 Å². The molecular formula is C63H41N5. The number of nitrogens with zero attached hydrogens (tertiary/aromatic N) is 5. The Kier molecular flexibility index (Phi) is 9.43. The van der Waals surface area contributed by atoms with Gasteiger partial charge in [0.2, 0.25) is 5.95 Å². The molecule has 10 aromatic carbocycles. The molecule has 0 N–H and O–H groups in total. The number of aromatic nitrogens is 5. The number of hydrogen-bond acceptors (Lipinski definition) is 3. The third kappa shape index (κ3) is 6.59. The van der Waals surface area contributed by atoms with Crippen LogP contribution in [-0.4, -0.2) is 24.1 Å². The van der Waals surface area contributed by atoms with Crippen molar-refractivity contribution >= 4 is 43.6 Å². The number of fused-ring (bicyclic) bond motifs is 7. The van der Waals surface area contributed by atoms with E-state index in [1.807, 2.05) is 24.3 Å². The minimum atomic E-state index is 0.547. The van der Waals surface area contributed by atoms with Crippen molar-refractivity contribution in [1.29, 1.82) is 0 Å². The van der Waals surface area contributed by atoms with Crippen molar-refractivity contribution in [1.82, 2.24) is 24.1 Å². The zero-order valence-electron chi connectivity index (χ0n) is 36.9. The monoisotopic (exact) mass is 867 g/mol. The molecule has 5 heteroatoms. The van der Waals surface area contributed by atoms with Gasteiger partial charge in [0.15, 0.2) is 11.6 Å². The summed E-state index contributed by atoms with van der Waals surface area (Å²) in [5.41, 5.74) is 16.3. The molecule has 0 aliphatic heterocycles. The molecule has 0 bridgehead atoms. The molecule has 0 unspecified atom stereocenters. The van der Waals surface area contributed by atoms with Gasteiger partial charge in [-0.15, -0.1) is 0 Å². The van der Waals surface area contributed by atoms with Crippen LogP contribution in [0.3, 0.4) is 0 Å². The molecule has 0 aliphatic rings. The Labute approximate surface area is 393 Å². The molecule has 0 saturated carbocycles. The molecule has 5 nitrogen and oxygen atoms in total. The van der Waals surface area contributed by atoms with E-state index in [2.05, 4.69) is 234 Å². The minimum absolute atomic E-state index is 0.547. The first-order valence-corrected chi connectivity index (χ1v) is 23.0. The quantitative estimate of drug-likeness (QED) is 0.153. The third-order valence-corrected chi connectivity index (χ3v) is 13.2. The van der Waals surface area contributed by atoms with Crippen LogP contribution in [0.5, 0.6) is 0 Å². The van der Waals surface area contributed by atoms with Gasteiger partial charge in [-0.3, -0.25) is 4.57 Å². The van der Waals surface area contributed by atoms with Gasteiger partial charge in [0.05, 0.1) is 27.8 Å². The van der Waals surface area contributed by atoms with Gasteiger partial charge in [0.1, 0.15) is 0 Å². The number of hydrogen-bond donors (Lipinski definition) is 0. The fraction of sp³-hybridized carbons (Fsp3) is 0. The van der Waals surface area contributed by atoms with E-state index in [1.54, 1.807) is 0 Å². The molecule has 0 amide bonds. The van der Waals surface area contributed by atoms with Crippen molar-refractivity contribution < 1.29 is 0 Å². The Hall–Kier alpha value is -9.19. The summed E-state index contributed by atoms with van der Waals surface area (Å²) in [6.07, 6.45) is 0. The summed E-state index contributed by atoms with van der Waals surface area (Å²) in [6.45, 7) is 0. The largest absolute Gasteiger partial charge is 0.307 e. The van der Waals surface area contributed by atoms with E-state index in [-0.39, 0.29) is 0 Å². The lowest BCUT2D eigenvalue weighted by atomic mass is 9.91. The fourth-order valence-electron chi connectivity index (χ4n) is 10.1. The van der Waals surface area contributed by atoms with Crippen molar-refractivity contribution in [3.8, 4) is 78.9 Å². The van der Waals surface area contributed by atoms with Gasteiger partial charge in [0, 0.05) is 38.2 Å². The number of rotatable bonds is 8. The minimum Gasteiger partial charge on any atom is -0.307 e. The highest BCUT2D eigenvalue weighted by Gasteiger charge is 2.25. The predicted molar refractivity (Wildman–Crippen MR) is 281 cm³/mol. The van der Waals surface area contributed by atoms with Crippen LogP contribution in [0.15, 0.2) is 249 Å². The molecule has 0 saturated heterocycles. The predicted octanol–water partition coefficient (Wildman–Crippen LogP) is 16.1. The fourth-order valence-corrected chi connectivity index (χ4v) is 10.1. The van der Waals surface area contributed by atoms with Gasteiger partial charge in [-0.05, 0) is 63.2 Å². The van der Waals surface area contributed by atoms with Crippen molar-refractivity contribution in [2.75, 3.05) is 0 Å². The second kappa shape index (κ2) is 16.4. The van der Waals surface area contributed by atoms with E-state index in [9.17, 15) is 0 Å². The maximum atomic E-state index is 5.42. The van der Waals surface area contributed by atoms with Crippen molar-refractivity contribution in [3.05, 3.63) is 249 Å². The van der Waals surface area contributed by atoms with Gasteiger partial charge in [-0.2, -0.15) is 9.97 Å². The van der Waals surface area contributed by atoms with E-state index < -0.39 is 0 Å². The summed E-state index contributed by atoms with van der Waals surface area (Å²) in [5.74, 6) is 1.75. The molecule has 0 aliphatic carbocycles. The molecular weight excluding hydrogens is 827 g/mol. The van der Waals surface area contributed by atoms with Crippen LogP contribution in [0.2, 0.25) is 0 Å². The standard InChI is InChI=1S/C63H41N5/c1-5-19-42(20-6-1)44-35-37-47(38-36-44)62-64-61(46-25-11-4-12-26-46)65-63(66-62)68-56-33-16-14-30-52(56)54-40-39-53-51-29-13-15-32-55(51)67(59(53)60(54)68)57-34-18-31-50(58(57)45-23-9-3-10-24-45)49-28-17-27-48(41-49)43-21-7-2-8-22-43/h1-41H. The van der Waals surface area contributed by atoms with E-state index in [1.165, 1.54) is 11.1 Å². The second-order valence-corrected chi connectivity index (χ2v) is 17.2. The molecule has 0 fully saturated rings. The second-order valence-electron chi connectivity index (χ2n) is 17.2. The summed E-state index contributed by atoms with van der Waals surface area (Å²) in [5, 5.41) is 4.53. The molecule has 0 spiro atoms. The third-order valence-electron chi connectivity index (χ3n) is 13.2. The van der Waals surface area contributed by atoms with Crippen molar-refractivity contribution in [2.45, 2.75) is 0 Å².